The number of carbonyl (C=O) groups is 12. The molecule has 530 valence electrons. The number of nitrogens with zero attached hydrogens (tertiary/aromatic N) is 1. The molecule has 0 saturated carbocycles. The first-order chi connectivity index (χ1) is 45.3. The molecule has 0 aliphatic carbocycles. The molecule has 34 heteroatoms. The van der Waals surface area contributed by atoms with Gasteiger partial charge in [-0.05, 0) is 30.0 Å². The highest BCUT2D eigenvalue weighted by molar-refractivity contribution is 7.98. The van der Waals surface area contributed by atoms with E-state index in [2.05, 4.69) is 42.2 Å². The second-order valence-electron chi connectivity index (χ2n) is 23.6. The van der Waals surface area contributed by atoms with Crippen LogP contribution in [0.2, 0.25) is 0 Å². The van der Waals surface area contributed by atoms with Crippen LogP contribution >= 0.6 is 11.8 Å². The van der Waals surface area contributed by atoms with Crippen LogP contribution in [0.4, 0.5) is 0 Å². The number of fused-ring (bicyclic) bond motifs is 5. The number of aliphatic hydroxyl groups excluding tert-OH is 3. The lowest BCUT2D eigenvalue weighted by molar-refractivity contribution is -0.144. The smallest absolute Gasteiger partial charge is 0.306 e. The number of nitrogens with two attached hydrogens (primary N) is 1. The largest absolute Gasteiger partial charge is 0.496 e. The van der Waals surface area contributed by atoms with Crippen molar-refractivity contribution >= 4 is 104 Å². The molecule has 12 atom stereocenters. The predicted molar refractivity (Wildman–Crippen MR) is 341 cm³/mol. The molecule has 32 nitrogen and oxygen atoms in total. The van der Waals surface area contributed by atoms with Crippen LogP contribution in [-0.2, 0) is 99.5 Å². The number of ether oxygens (including phenoxy) is 5. The number of Topliss-reactive ketones (excluding diaryl/α,β-unsaturated/α-hetero) is 2. The zero-order valence-corrected chi connectivity index (χ0v) is 55.8. The summed E-state index contributed by atoms with van der Waals surface area (Å²) in [7, 11) is -1.02. The van der Waals surface area contributed by atoms with Crippen LogP contribution in [0, 0.1) is 29.6 Å². The zero-order chi connectivity index (χ0) is 69.9. The number of hydrogen-bond acceptors (Lipinski definition) is 22. The molecule has 1 aromatic carbocycles. The molecule has 3 aliphatic heterocycles. The molecule has 0 radical (unpaired) electrons. The maximum absolute atomic E-state index is 15.3. The van der Waals surface area contributed by atoms with E-state index < -0.39 is 200 Å². The van der Waals surface area contributed by atoms with E-state index in [1.807, 2.05) is 0 Å². The molecule has 95 heavy (non-hydrogen) atoms. The van der Waals surface area contributed by atoms with E-state index in [1.165, 1.54) is 32.7 Å². The van der Waals surface area contributed by atoms with Gasteiger partial charge >= 0.3 is 5.97 Å². The molecular formula is C61H92N10O22S2. The van der Waals surface area contributed by atoms with Gasteiger partial charge < -0.3 is 96.9 Å². The first-order valence-electron chi connectivity index (χ1n) is 31.6. The Hall–Kier alpha value is -7.18. The summed E-state index contributed by atoms with van der Waals surface area (Å²) in [6, 6.07) is -3.79. The summed E-state index contributed by atoms with van der Waals surface area (Å²) in [6.07, 6.45) is -5.56. The molecule has 2 bridgehead atoms. The Balaban J connectivity index is 1.39. The number of hydrogen-bond donors (Lipinski definition) is 13. The summed E-state index contributed by atoms with van der Waals surface area (Å²) in [5.74, 6) is -15.1. The number of methoxy groups -OCH3 is 1. The number of carboxylic acid groups (broad SMARTS) is 1. The molecular weight excluding hydrogens is 1290 g/mol. The monoisotopic (exact) mass is 1380 g/mol. The van der Waals surface area contributed by atoms with Crippen LogP contribution in [0.1, 0.15) is 83.8 Å². The van der Waals surface area contributed by atoms with Gasteiger partial charge in [-0.1, -0.05) is 34.1 Å². The van der Waals surface area contributed by atoms with E-state index in [0.29, 0.717) is 41.0 Å². The Morgan fingerprint density at radius 1 is 0.811 bits per heavy atom. The summed E-state index contributed by atoms with van der Waals surface area (Å²) in [4.78, 5) is 167. The molecule has 14 N–H and O–H groups in total. The number of aromatic amines is 1. The van der Waals surface area contributed by atoms with Crippen LogP contribution in [0.25, 0.3) is 10.9 Å². The fourth-order valence-corrected chi connectivity index (χ4v) is 13.1. The number of H-pyrrole nitrogens is 1. The lowest BCUT2D eigenvalue weighted by atomic mass is 9.85. The minimum Gasteiger partial charge on any atom is -0.496 e. The number of carbonyl (C=O) groups excluding carboxylic acids is 11. The van der Waals surface area contributed by atoms with Crippen molar-refractivity contribution in [3.05, 3.63) is 23.3 Å². The van der Waals surface area contributed by atoms with E-state index in [4.69, 9.17) is 34.5 Å². The average molecular weight is 1380 g/mol. The number of aliphatic carboxylic acids is 1. The van der Waals surface area contributed by atoms with Crippen LogP contribution in [0.3, 0.4) is 0 Å². The highest BCUT2D eigenvalue weighted by atomic mass is 32.2. The standard InChI is InChI=1S/C61H92N10O22S2/c1-6-33(2)40-24-37(73)27-65-55(81)36-22-41-39-7-8-48(89-5)42(31-94-20-11-64-50(78)9-12-90-14-16-92-18-19-93-17-15-91-13-10-63-51(79)21-34(3)61(86)87)54(39)70-59(41)95(88)32-44(67-52(80)28-66-56(40)82)57(83)68-43(26-49(62)77)60(85)71-29-38(74)25-45(71)58(84)69-53(46(75)23-36)35(4)47(76)30-72/h7-8,33-36,38,40,43-45,47,53,70,72,74,76H,6,9-32H2,1-5H3,(H2,62,77)(H,63,79)(H,64,78)(H,65,81)(H,66,82)(H,67,80)(H,68,83)(H,69,84)(H,86,87)/t33-,34?,35-,36+,38+,40-,43-,44-,45-,47-,53-,95?/m0/s1. The van der Waals surface area contributed by atoms with Gasteiger partial charge in [0.05, 0.1) is 132 Å². The predicted octanol–water partition coefficient (Wildman–Crippen LogP) is -3.40. The number of rotatable bonds is 31. The minimum absolute atomic E-state index is 0.0503. The van der Waals surface area contributed by atoms with E-state index in [1.54, 1.807) is 26.0 Å². The number of thioether (sulfide) groups is 1. The minimum atomic E-state index is -2.44. The Morgan fingerprint density at radius 2 is 1.46 bits per heavy atom. The lowest BCUT2D eigenvalue weighted by Gasteiger charge is -2.32. The lowest BCUT2D eigenvalue weighted by Crippen LogP contribution is -2.60. The summed E-state index contributed by atoms with van der Waals surface area (Å²) >= 11 is 1.37. The van der Waals surface area contributed by atoms with Crippen molar-refractivity contribution in [3.8, 4) is 5.75 Å². The van der Waals surface area contributed by atoms with Gasteiger partial charge in [-0.15, -0.1) is 0 Å². The van der Waals surface area contributed by atoms with E-state index in [0.717, 1.165) is 4.90 Å². The Morgan fingerprint density at radius 3 is 2.11 bits per heavy atom. The fourth-order valence-electron chi connectivity index (χ4n) is 10.9. The van der Waals surface area contributed by atoms with Crippen molar-refractivity contribution in [3.63, 3.8) is 0 Å². The molecule has 2 aromatic rings. The molecule has 0 spiro atoms. The molecule has 4 heterocycles. The molecule has 5 rings (SSSR count). The summed E-state index contributed by atoms with van der Waals surface area (Å²) < 4.78 is 43.1. The van der Waals surface area contributed by atoms with Crippen LogP contribution in [0.5, 0.6) is 5.75 Å². The number of nitrogens with one attached hydrogen (secondary N) is 8. The number of aromatic nitrogens is 1. The van der Waals surface area contributed by atoms with Gasteiger partial charge in [-0.2, -0.15) is 11.8 Å². The Kier molecular flexibility index (Phi) is 32.9. The van der Waals surface area contributed by atoms with Gasteiger partial charge in [0.1, 0.15) is 28.9 Å². The number of amides is 9. The maximum atomic E-state index is 15.3. The highest BCUT2D eigenvalue weighted by Gasteiger charge is 2.45. The van der Waals surface area contributed by atoms with Crippen molar-refractivity contribution in [1.82, 2.24) is 47.1 Å². The number of benzene rings is 1. The van der Waals surface area contributed by atoms with Crippen LogP contribution in [0.15, 0.2) is 17.2 Å². The first-order valence-corrected chi connectivity index (χ1v) is 34.0. The second kappa shape index (κ2) is 39.8. The zero-order valence-electron chi connectivity index (χ0n) is 54.2. The van der Waals surface area contributed by atoms with Gasteiger partial charge in [-0.25, -0.2) is 0 Å². The number of aliphatic hydroxyl groups is 3. The second-order valence-corrected chi connectivity index (χ2v) is 26.1. The summed E-state index contributed by atoms with van der Waals surface area (Å²) in [5.41, 5.74) is 6.58. The van der Waals surface area contributed by atoms with Gasteiger partial charge in [0, 0.05) is 91.9 Å². The van der Waals surface area contributed by atoms with E-state index in [-0.39, 0.29) is 100 Å². The van der Waals surface area contributed by atoms with Crippen molar-refractivity contribution in [2.45, 2.75) is 126 Å². The SMILES string of the molecule is CC[C@H](C)[C@@H]1CC(=O)CNC(=O)[C@H]2CC(=O)[C@H]([C@@H](C)[C@@H](O)CO)NC(=O)[C@@H]3C[C@@H](O)CN3C(=O)[C@H](CC(N)=O)NC(=O)[C@H](CS(=O)c3[nH]c4c(CSCCNC(=O)CCOCCOCCOCCOCCNC(=O)CC(C)C(=O)O)c(OC)ccc4c3C2)NC(=O)CNC1=O. The summed E-state index contributed by atoms with van der Waals surface area (Å²) in [6.45, 7) is 5.88. The van der Waals surface area contributed by atoms with Gasteiger partial charge in [-0.3, -0.25) is 61.7 Å². The molecule has 2 unspecified atom stereocenters. The fraction of sp³-hybridized carbons (Fsp3) is 0.672. The van der Waals surface area contributed by atoms with Crippen molar-refractivity contribution in [2.75, 3.05) is 111 Å². The Bertz CT molecular complexity index is 3040. The molecule has 9 amide bonds. The Labute approximate surface area is 556 Å². The van der Waals surface area contributed by atoms with Crippen LogP contribution in [-0.4, -0.2) is 252 Å². The van der Waals surface area contributed by atoms with Gasteiger partial charge in [0.25, 0.3) is 0 Å². The van der Waals surface area contributed by atoms with Crippen molar-refractivity contribution in [1.29, 1.82) is 0 Å². The topological polar surface area (TPSA) is 478 Å². The third-order valence-electron chi connectivity index (χ3n) is 16.5. The molecule has 1 fully saturated rings. The number of carboxylic acids is 1. The average Bonchev–Trinajstić information content (AvgIpc) is 1.63. The normalized spacial score (nSPS) is 23.4. The van der Waals surface area contributed by atoms with Crippen LogP contribution < -0.4 is 47.7 Å². The van der Waals surface area contributed by atoms with Gasteiger partial charge in [0.15, 0.2) is 11.6 Å². The third kappa shape index (κ3) is 24.5. The quantitative estimate of drug-likeness (QED) is 0.0327. The molecule has 3 aliphatic rings. The number of primary amides is 1. The van der Waals surface area contributed by atoms with Crippen molar-refractivity contribution in [2.24, 2.45) is 35.3 Å². The van der Waals surface area contributed by atoms with E-state index in [9.17, 15) is 72.9 Å². The van der Waals surface area contributed by atoms with Crippen molar-refractivity contribution < 1.29 is 106 Å². The van der Waals surface area contributed by atoms with E-state index >= 15 is 4.21 Å². The van der Waals surface area contributed by atoms with Gasteiger partial charge in [0.2, 0.25) is 53.2 Å². The first kappa shape index (κ1) is 78.5. The number of ketones is 2. The molecule has 1 saturated heterocycles. The highest BCUT2D eigenvalue weighted by Crippen LogP contribution is 2.37. The molecule has 1 aromatic heterocycles. The third-order valence-corrected chi connectivity index (χ3v) is 19.0. The summed E-state index contributed by atoms with van der Waals surface area (Å²) in [5, 5.41) is 59.2. The maximum Gasteiger partial charge on any atom is 0.306 e.